The number of nitrogens with one attached hydrogen (secondary N) is 1. The Kier molecular flexibility index (Phi) is 5.36. The molecule has 0 radical (unpaired) electrons. The minimum atomic E-state index is 0. The molecule has 0 spiro atoms. The molecular formula is C19H27ClN2O2. The Hall–Kier alpha value is -1.26. The first kappa shape index (κ1) is 17.6. The van der Waals surface area contributed by atoms with Crippen LogP contribution >= 0.6 is 12.4 Å². The molecule has 24 heavy (non-hydrogen) atoms. The van der Waals surface area contributed by atoms with Crippen LogP contribution in [0.1, 0.15) is 50.1 Å². The smallest absolute Gasteiger partial charge is 0.223 e. The largest absolute Gasteiger partial charge is 0.493 e. The molecule has 1 heterocycles. The van der Waals surface area contributed by atoms with Crippen LogP contribution in [-0.2, 0) is 4.79 Å². The second kappa shape index (κ2) is 7.32. The van der Waals surface area contributed by atoms with Crippen molar-refractivity contribution in [1.82, 2.24) is 5.32 Å². The van der Waals surface area contributed by atoms with Crippen LogP contribution in [0.2, 0.25) is 0 Å². The highest BCUT2D eigenvalue weighted by Crippen LogP contribution is 2.42. The normalized spacial score (nSPS) is 34.3. The first-order valence-electron chi connectivity index (χ1n) is 9.00. The zero-order valence-corrected chi connectivity index (χ0v) is 14.8. The van der Waals surface area contributed by atoms with Crippen molar-refractivity contribution in [2.24, 2.45) is 23.5 Å². The van der Waals surface area contributed by atoms with E-state index in [1.54, 1.807) is 0 Å². The van der Waals surface area contributed by atoms with Gasteiger partial charge in [-0.3, -0.25) is 4.79 Å². The van der Waals surface area contributed by atoms with Crippen molar-refractivity contribution in [3.05, 3.63) is 29.8 Å². The Bertz CT molecular complexity index is 580. The summed E-state index contributed by atoms with van der Waals surface area (Å²) in [5.74, 6) is 2.35. The van der Waals surface area contributed by atoms with Gasteiger partial charge in [0, 0.05) is 23.9 Å². The molecule has 3 unspecified atom stereocenters. The number of carbonyl (C=O) groups is 1. The maximum Gasteiger partial charge on any atom is 0.223 e. The Morgan fingerprint density at radius 1 is 1.12 bits per heavy atom. The summed E-state index contributed by atoms with van der Waals surface area (Å²) < 4.78 is 5.69. The highest BCUT2D eigenvalue weighted by molar-refractivity contribution is 5.85. The summed E-state index contributed by atoms with van der Waals surface area (Å²) in [6.45, 7) is 0.669. The Balaban J connectivity index is 0.00000169. The van der Waals surface area contributed by atoms with Gasteiger partial charge in [-0.2, -0.15) is 0 Å². The van der Waals surface area contributed by atoms with Crippen LogP contribution in [0.25, 0.3) is 0 Å². The summed E-state index contributed by atoms with van der Waals surface area (Å²) in [7, 11) is 0. The summed E-state index contributed by atoms with van der Waals surface area (Å²) in [6, 6.07) is 8.44. The molecule has 4 nitrogen and oxygen atoms in total. The van der Waals surface area contributed by atoms with Gasteiger partial charge in [0.1, 0.15) is 5.75 Å². The van der Waals surface area contributed by atoms with E-state index in [-0.39, 0.29) is 30.3 Å². The van der Waals surface area contributed by atoms with Crippen LogP contribution < -0.4 is 15.8 Å². The van der Waals surface area contributed by atoms with Gasteiger partial charge >= 0.3 is 0 Å². The number of rotatable bonds is 2. The minimum absolute atomic E-state index is 0. The van der Waals surface area contributed by atoms with E-state index in [4.69, 9.17) is 10.5 Å². The molecule has 0 saturated heterocycles. The lowest BCUT2D eigenvalue weighted by molar-refractivity contribution is -0.128. The van der Waals surface area contributed by atoms with Crippen LogP contribution in [0.4, 0.5) is 0 Å². The Morgan fingerprint density at radius 3 is 2.58 bits per heavy atom. The van der Waals surface area contributed by atoms with Gasteiger partial charge in [-0.1, -0.05) is 24.6 Å². The van der Waals surface area contributed by atoms with E-state index in [0.717, 1.165) is 30.6 Å². The zero-order chi connectivity index (χ0) is 15.8. The number of halogens is 1. The van der Waals surface area contributed by atoms with Gasteiger partial charge in [-0.05, 0) is 43.6 Å². The maximum atomic E-state index is 12.8. The van der Waals surface area contributed by atoms with Crippen LogP contribution in [0, 0.1) is 17.8 Å². The van der Waals surface area contributed by atoms with Crippen molar-refractivity contribution in [2.75, 3.05) is 6.61 Å². The van der Waals surface area contributed by atoms with E-state index in [9.17, 15) is 4.79 Å². The van der Waals surface area contributed by atoms with E-state index in [1.807, 2.05) is 18.2 Å². The topological polar surface area (TPSA) is 64.4 Å². The second-order valence-electron chi connectivity index (χ2n) is 7.43. The fraction of sp³-hybridized carbons (Fsp3) is 0.632. The lowest BCUT2D eigenvalue weighted by Crippen LogP contribution is -2.49. The molecule has 1 aromatic rings. The van der Waals surface area contributed by atoms with Crippen LogP contribution in [0.5, 0.6) is 5.75 Å². The third-order valence-electron chi connectivity index (χ3n) is 6.06. The van der Waals surface area contributed by atoms with Gasteiger partial charge < -0.3 is 15.8 Å². The third kappa shape index (κ3) is 3.27. The van der Waals surface area contributed by atoms with Crippen molar-refractivity contribution >= 4 is 18.3 Å². The quantitative estimate of drug-likeness (QED) is 0.860. The Labute approximate surface area is 149 Å². The number of ether oxygens (including phenoxy) is 1. The summed E-state index contributed by atoms with van der Waals surface area (Å²) >= 11 is 0. The molecule has 3 aliphatic rings. The molecule has 2 saturated carbocycles. The SMILES string of the molecule is Cl.NC1C2CCCC1CC(C(=O)NC1CCOc3ccccc31)C2. The number of hydrogen-bond donors (Lipinski definition) is 2. The molecule has 2 fully saturated rings. The van der Waals surface area contributed by atoms with E-state index < -0.39 is 0 Å². The number of nitrogens with two attached hydrogens (primary N) is 1. The molecule has 4 rings (SSSR count). The van der Waals surface area contributed by atoms with Crippen molar-refractivity contribution < 1.29 is 9.53 Å². The first-order chi connectivity index (χ1) is 11.2. The average Bonchev–Trinajstić information content (AvgIpc) is 2.55. The predicted octanol–water partition coefficient (Wildman–Crippen LogP) is 3.20. The number of para-hydroxylation sites is 1. The van der Waals surface area contributed by atoms with Gasteiger partial charge in [0.25, 0.3) is 0 Å². The average molecular weight is 351 g/mol. The molecule has 1 aliphatic heterocycles. The third-order valence-corrected chi connectivity index (χ3v) is 6.06. The summed E-state index contributed by atoms with van der Waals surface area (Å²) in [5, 5.41) is 3.29. The number of fused-ring (bicyclic) bond motifs is 3. The second-order valence-corrected chi connectivity index (χ2v) is 7.43. The van der Waals surface area contributed by atoms with Crippen molar-refractivity contribution in [2.45, 2.75) is 50.6 Å². The lowest BCUT2D eigenvalue weighted by atomic mass is 9.65. The summed E-state index contributed by atoms with van der Waals surface area (Å²) in [4.78, 5) is 12.8. The first-order valence-corrected chi connectivity index (χ1v) is 9.00. The van der Waals surface area contributed by atoms with Crippen molar-refractivity contribution in [1.29, 1.82) is 0 Å². The standard InChI is InChI=1S/C19H26N2O2.ClH/c20-18-12-4-3-5-13(18)11-14(10-12)19(22)21-16-8-9-23-17-7-2-1-6-15(16)17;/h1-2,6-7,12-14,16,18H,3-5,8-11,20H2,(H,21,22);1H. The maximum absolute atomic E-state index is 12.8. The predicted molar refractivity (Wildman–Crippen MR) is 96.2 cm³/mol. The van der Waals surface area contributed by atoms with Crippen molar-refractivity contribution in [3.63, 3.8) is 0 Å². The molecule has 1 amide bonds. The van der Waals surface area contributed by atoms with E-state index in [2.05, 4.69) is 11.4 Å². The Morgan fingerprint density at radius 2 is 1.83 bits per heavy atom. The van der Waals surface area contributed by atoms with Gasteiger partial charge in [-0.25, -0.2) is 0 Å². The van der Waals surface area contributed by atoms with E-state index >= 15 is 0 Å². The minimum Gasteiger partial charge on any atom is -0.493 e. The molecule has 2 bridgehead atoms. The monoisotopic (exact) mass is 350 g/mol. The summed E-state index contributed by atoms with van der Waals surface area (Å²) in [6.07, 6.45) is 6.46. The molecule has 5 heteroatoms. The molecular weight excluding hydrogens is 324 g/mol. The van der Waals surface area contributed by atoms with Gasteiger partial charge in [-0.15, -0.1) is 12.4 Å². The number of benzene rings is 1. The van der Waals surface area contributed by atoms with E-state index in [0.29, 0.717) is 24.5 Å². The highest BCUT2D eigenvalue weighted by atomic mass is 35.5. The molecule has 0 aromatic heterocycles. The van der Waals surface area contributed by atoms with Crippen LogP contribution in [0.3, 0.4) is 0 Å². The zero-order valence-electron chi connectivity index (χ0n) is 13.9. The van der Waals surface area contributed by atoms with Gasteiger partial charge in [0.15, 0.2) is 0 Å². The number of carbonyl (C=O) groups excluding carboxylic acids is 1. The van der Waals surface area contributed by atoms with Crippen molar-refractivity contribution in [3.8, 4) is 5.75 Å². The fourth-order valence-electron chi connectivity index (χ4n) is 4.78. The van der Waals surface area contributed by atoms with Gasteiger partial charge in [0.05, 0.1) is 12.6 Å². The summed E-state index contributed by atoms with van der Waals surface area (Å²) in [5.41, 5.74) is 7.46. The van der Waals surface area contributed by atoms with Crippen LogP contribution in [-0.4, -0.2) is 18.6 Å². The molecule has 132 valence electrons. The molecule has 2 aliphatic carbocycles. The molecule has 1 aromatic carbocycles. The highest BCUT2D eigenvalue weighted by Gasteiger charge is 2.41. The number of hydrogen-bond acceptors (Lipinski definition) is 3. The molecule has 3 N–H and O–H groups in total. The fourth-order valence-corrected chi connectivity index (χ4v) is 4.78. The molecule has 3 atom stereocenters. The lowest BCUT2D eigenvalue weighted by Gasteiger charge is -2.43. The van der Waals surface area contributed by atoms with Crippen LogP contribution in [0.15, 0.2) is 24.3 Å². The van der Waals surface area contributed by atoms with Gasteiger partial charge in [0.2, 0.25) is 5.91 Å². The number of amides is 1. The van der Waals surface area contributed by atoms with E-state index in [1.165, 1.54) is 19.3 Å².